The second-order valence-corrected chi connectivity index (χ2v) is 11.3. The highest BCUT2D eigenvalue weighted by molar-refractivity contribution is 7.98. The summed E-state index contributed by atoms with van der Waals surface area (Å²) in [4.78, 5) is 19.5. The number of carbonyl (C=O) groups excluding carboxylic acids is 1. The average molecular weight is 476 g/mol. The van der Waals surface area contributed by atoms with Crippen molar-refractivity contribution in [2.75, 3.05) is 39.5 Å². The molecule has 1 aromatic heterocycles. The van der Waals surface area contributed by atoms with Gasteiger partial charge in [-0.2, -0.15) is 4.31 Å². The molecule has 172 valence electrons. The van der Waals surface area contributed by atoms with Gasteiger partial charge in [0.25, 0.3) is 5.91 Å². The van der Waals surface area contributed by atoms with Gasteiger partial charge in [0.2, 0.25) is 10.0 Å². The van der Waals surface area contributed by atoms with Gasteiger partial charge >= 0.3 is 0 Å². The first-order valence-corrected chi connectivity index (χ1v) is 13.4. The quantitative estimate of drug-likeness (QED) is 0.617. The van der Waals surface area contributed by atoms with Crippen LogP contribution in [0.3, 0.4) is 0 Å². The van der Waals surface area contributed by atoms with Crippen LogP contribution in [0.5, 0.6) is 5.75 Å². The largest absolute Gasteiger partial charge is 0.495 e. The van der Waals surface area contributed by atoms with Crippen molar-refractivity contribution >= 4 is 27.7 Å². The van der Waals surface area contributed by atoms with Crippen LogP contribution in [-0.2, 0) is 10.0 Å². The summed E-state index contributed by atoms with van der Waals surface area (Å²) in [7, 11) is -2.15. The number of rotatable bonds is 5. The lowest BCUT2D eigenvalue weighted by Gasteiger charge is -2.39. The molecule has 2 fully saturated rings. The Balaban J connectivity index is 1.46. The molecule has 0 unspecified atom stereocenters. The Labute approximate surface area is 194 Å². The van der Waals surface area contributed by atoms with Crippen molar-refractivity contribution in [3.8, 4) is 5.75 Å². The van der Waals surface area contributed by atoms with Crippen molar-refractivity contribution < 1.29 is 17.9 Å². The van der Waals surface area contributed by atoms with Gasteiger partial charge in [0.05, 0.1) is 12.7 Å². The second-order valence-electron chi connectivity index (χ2n) is 8.60. The minimum Gasteiger partial charge on any atom is -0.495 e. The topological polar surface area (TPSA) is 79.8 Å². The zero-order chi connectivity index (χ0) is 22.9. The first-order chi connectivity index (χ1) is 15.3. The molecule has 7 nitrogen and oxygen atoms in total. The van der Waals surface area contributed by atoms with E-state index >= 15 is 0 Å². The van der Waals surface area contributed by atoms with E-state index in [9.17, 15) is 13.2 Å². The fraction of sp³-hybridized carbons (Fsp3) is 0.478. The van der Waals surface area contributed by atoms with Gasteiger partial charge in [-0.05, 0) is 67.7 Å². The summed E-state index contributed by atoms with van der Waals surface area (Å²) in [5.41, 5.74) is 1.43. The highest BCUT2D eigenvalue weighted by atomic mass is 32.2. The Morgan fingerprint density at radius 3 is 2.56 bits per heavy atom. The van der Waals surface area contributed by atoms with Gasteiger partial charge in [0.15, 0.2) is 0 Å². The standard InChI is InChI=1S/C23H29N3O4S2/c1-17-6-7-19(30-2)20(15-17)32(28,29)26-14-10-23(16-26)8-12-25(13-9-23)22(27)18-5-4-11-24-21(18)31-3/h4-7,11,15H,8-10,12-14,16H2,1-3H3. The van der Waals surface area contributed by atoms with E-state index in [0.717, 1.165) is 29.9 Å². The number of nitrogens with zero attached hydrogens (tertiary/aromatic N) is 3. The van der Waals surface area contributed by atoms with Crippen LogP contribution in [0.1, 0.15) is 35.2 Å². The molecule has 2 saturated heterocycles. The number of ether oxygens (including phenoxy) is 1. The maximum absolute atomic E-state index is 13.4. The van der Waals surface area contributed by atoms with E-state index in [2.05, 4.69) is 4.98 Å². The van der Waals surface area contributed by atoms with Crippen LogP contribution in [0, 0.1) is 12.3 Å². The van der Waals surface area contributed by atoms with Crippen LogP contribution in [-0.4, -0.2) is 68.1 Å². The first-order valence-electron chi connectivity index (χ1n) is 10.7. The molecule has 32 heavy (non-hydrogen) atoms. The van der Waals surface area contributed by atoms with E-state index in [-0.39, 0.29) is 16.2 Å². The maximum atomic E-state index is 13.4. The average Bonchev–Trinajstić information content (AvgIpc) is 3.23. The zero-order valence-corrected chi connectivity index (χ0v) is 20.3. The highest BCUT2D eigenvalue weighted by Gasteiger charge is 2.45. The molecule has 0 radical (unpaired) electrons. The molecule has 0 atom stereocenters. The fourth-order valence-electron chi connectivity index (χ4n) is 4.70. The Morgan fingerprint density at radius 1 is 1.16 bits per heavy atom. The third kappa shape index (κ3) is 4.25. The molecule has 1 aromatic carbocycles. The third-order valence-corrected chi connectivity index (χ3v) is 9.22. The molecule has 3 heterocycles. The number of thioether (sulfide) groups is 1. The second kappa shape index (κ2) is 9.03. The number of amides is 1. The lowest BCUT2D eigenvalue weighted by atomic mass is 9.78. The molecule has 2 aliphatic rings. The van der Waals surface area contributed by atoms with Crippen molar-refractivity contribution in [3.63, 3.8) is 0 Å². The number of benzene rings is 1. The Bertz CT molecular complexity index is 1110. The lowest BCUT2D eigenvalue weighted by Crippen LogP contribution is -2.44. The molecular formula is C23H29N3O4S2. The summed E-state index contributed by atoms with van der Waals surface area (Å²) < 4.78 is 33.7. The zero-order valence-electron chi connectivity index (χ0n) is 18.7. The fourth-order valence-corrected chi connectivity index (χ4v) is 7.04. The molecule has 0 saturated carbocycles. The monoisotopic (exact) mass is 475 g/mol. The van der Waals surface area contributed by atoms with E-state index in [0.29, 0.717) is 37.5 Å². The minimum atomic E-state index is -3.64. The van der Waals surface area contributed by atoms with Gasteiger partial charge in [0.1, 0.15) is 15.7 Å². The summed E-state index contributed by atoms with van der Waals surface area (Å²) in [6.45, 7) is 4.11. The Hall–Kier alpha value is -2.10. The summed E-state index contributed by atoms with van der Waals surface area (Å²) in [6.07, 6.45) is 6.02. The number of likely N-dealkylation sites (tertiary alicyclic amines) is 1. The summed E-state index contributed by atoms with van der Waals surface area (Å²) in [5.74, 6) is 0.377. The highest BCUT2D eigenvalue weighted by Crippen LogP contribution is 2.43. The smallest absolute Gasteiger partial charge is 0.256 e. The number of methoxy groups -OCH3 is 1. The molecule has 2 aliphatic heterocycles. The van der Waals surface area contributed by atoms with Gasteiger partial charge in [-0.1, -0.05) is 6.07 Å². The molecule has 0 bridgehead atoms. The predicted octanol–water partition coefficient (Wildman–Crippen LogP) is 3.44. The molecular weight excluding hydrogens is 446 g/mol. The van der Waals surface area contributed by atoms with Crippen LogP contribution < -0.4 is 4.74 Å². The van der Waals surface area contributed by atoms with Crippen molar-refractivity contribution in [3.05, 3.63) is 47.7 Å². The molecule has 0 N–H and O–H groups in total. The number of aryl methyl sites for hydroxylation is 1. The van der Waals surface area contributed by atoms with Gasteiger partial charge in [-0.15, -0.1) is 11.8 Å². The Morgan fingerprint density at radius 2 is 1.88 bits per heavy atom. The van der Waals surface area contributed by atoms with E-state index < -0.39 is 10.0 Å². The first kappa shape index (κ1) is 23.1. The van der Waals surface area contributed by atoms with Gasteiger partial charge < -0.3 is 9.64 Å². The number of pyridine rings is 1. The molecule has 0 aliphatic carbocycles. The number of carbonyl (C=O) groups is 1. The predicted molar refractivity (Wildman–Crippen MR) is 125 cm³/mol. The SMILES string of the molecule is COc1ccc(C)cc1S(=O)(=O)N1CCC2(CCN(C(=O)c3cccnc3SC)CC2)C1. The summed E-state index contributed by atoms with van der Waals surface area (Å²) in [5, 5.41) is 0.739. The Kier molecular flexibility index (Phi) is 6.51. The van der Waals surface area contributed by atoms with Crippen LogP contribution in [0.4, 0.5) is 0 Å². The van der Waals surface area contributed by atoms with Gasteiger partial charge in [-0.25, -0.2) is 13.4 Å². The summed E-state index contributed by atoms with van der Waals surface area (Å²) >= 11 is 1.47. The lowest BCUT2D eigenvalue weighted by molar-refractivity contribution is 0.0595. The van der Waals surface area contributed by atoms with E-state index in [1.165, 1.54) is 18.9 Å². The normalized spacial score (nSPS) is 18.8. The number of piperidine rings is 1. The van der Waals surface area contributed by atoms with Crippen LogP contribution in [0.2, 0.25) is 0 Å². The van der Waals surface area contributed by atoms with Crippen LogP contribution in [0.25, 0.3) is 0 Å². The van der Waals surface area contributed by atoms with Crippen molar-refractivity contribution in [2.45, 2.75) is 36.1 Å². The minimum absolute atomic E-state index is 0.00396. The molecule has 2 aromatic rings. The van der Waals surface area contributed by atoms with Crippen LogP contribution >= 0.6 is 11.8 Å². The van der Waals surface area contributed by atoms with E-state index in [1.807, 2.05) is 30.2 Å². The van der Waals surface area contributed by atoms with Crippen molar-refractivity contribution in [1.82, 2.24) is 14.2 Å². The molecule has 1 amide bonds. The van der Waals surface area contributed by atoms with Crippen molar-refractivity contribution in [1.29, 1.82) is 0 Å². The summed E-state index contributed by atoms with van der Waals surface area (Å²) in [6, 6.07) is 8.85. The van der Waals surface area contributed by atoms with Gasteiger partial charge in [0, 0.05) is 32.4 Å². The number of hydrogen-bond acceptors (Lipinski definition) is 6. The van der Waals surface area contributed by atoms with E-state index in [4.69, 9.17) is 4.74 Å². The van der Waals surface area contributed by atoms with Gasteiger partial charge in [-0.3, -0.25) is 4.79 Å². The molecule has 4 rings (SSSR count). The van der Waals surface area contributed by atoms with E-state index in [1.54, 1.807) is 28.7 Å². The number of aromatic nitrogens is 1. The van der Waals surface area contributed by atoms with Crippen LogP contribution in [0.15, 0.2) is 46.5 Å². The number of hydrogen-bond donors (Lipinski definition) is 0. The number of sulfonamides is 1. The third-order valence-electron chi connectivity index (χ3n) is 6.65. The van der Waals surface area contributed by atoms with Crippen molar-refractivity contribution in [2.24, 2.45) is 5.41 Å². The molecule has 9 heteroatoms. The maximum Gasteiger partial charge on any atom is 0.256 e. The molecule has 1 spiro atoms.